The summed E-state index contributed by atoms with van der Waals surface area (Å²) in [6.45, 7) is 6.36. The lowest BCUT2D eigenvalue weighted by molar-refractivity contribution is 0.102. The molecule has 29 heavy (non-hydrogen) atoms. The molecule has 0 aliphatic carbocycles. The first kappa shape index (κ1) is 20.5. The van der Waals surface area contributed by atoms with E-state index in [1.807, 2.05) is 54.6 Å². The van der Waals surface area contributed by atoms with Crippen LogP contribution in [0.1, 0.15) is 37.0 Å². The molecule has 3 aromatic rings. The van der Waals surface area contributed by atoms with Gasteiger partial charge in [-0.2, -0.15) is 0 Å². The van der Waals surface area contributed by atoms with E-state index in [4.69, 9.17) is 0 Å². The van der Waals surface area contributed by atoms with Gasteiger partial charge in [-0.15, -0.1) is 0 Å². The summed E-state index contributed by atoms with van der Waals surface area (Å²) in [5.74, 6) is 0.111. The van der Waals surface area contributed by atoms with Crippen molar-refractivity contribution in [3.63, 3.8) is 0 Å². The van der Waals surface area contributed by atoms with Crippen molar-refractivity contribution in [2.24, 2.45) is 0 Å². The van der Waals surface area contributed by atoms with Crippen LogP contribution in [-0.4, -0.2) is 24.1 Å². The van der Waals surface area contributed by atoms with Gasteiger partial charge in [0.2, 0.25) is 0 Å². The minimum absolute atomic E-state index is 0.128. The van der Waals surface area contributed by atoms with E-state index in [1.165, 1.54) is 0 Å². The molecule has 3 rings (SSSR count). The zero-order valence-corrected chi connectivity index (χ0v) is 17.1. The zero-order chi connectivity index (χ0) is 20.6. The summed E-state index contributed by atoms with van der Waals surface area (Å²) in [5.41, 5.74) is 4.53. The second-order valence-electron chi connectivity index (χ2n) is 7.12. The average molecular weight is 389 g/mol. The third-order valence-corrected chi connectivity index (χ3v) is 4.80. The molecule has 0 unspecified atom stereocenters. The maximum absolute atomic E-state index is 12.7. The summed E-state index contributed by atoms with van der Waals surface area (Å²) < 4.78 is 0. The monoisotopic (exact) mass is 388 g/mol. The number of carbonyl (C=O) groups excluding carboxylic acids is 1. The number of amides is 1. The molecule has 0 aliphatic rings. The van der Waals surface area contributed by atoms with Crippen LogP contribution in [0.3, 0.4) is 0 Å². The Morgan fingerprint density at radius 1 is 0.862 bits per heavy atom. The fourth-order valence-corrected chi connectivity index (χ4v) is 3.36. The lowest BCUT2D eigenvalue weighted by Gasteiger charge is -2.24. The largest absolute Gasteiger partial charge is 0.508 e. The Morgan fingerprint density at radius 3 is 2.03 bits per heavy atom. The number of phenols is 1. The molecule has 150 valence electrons. The molecule has 0 aliphatic heterocycles. The van der Waals surface area contributed by atoms with Crippen molar-refractivity contribution in [2.45, 2.75) is 26.7 Å². The SMILES string of the molecule is CCCN(CCC)c1cccc(NC(=O)c2ccc(-c3ccc(O)cc3)cc2)c1. The van der Waals surface area contributed by atoms with Gasteiger partial charge in [-0.25, -0.2) is 0 Å². The standard InChI is InChI=1S/C25H28N2O2/c1-3-16-27(17-4-2)23-7-5-6-22(18-23)26-25(29)21-10-8-19(9-11-21)20-12-14-24(28)15-13-20/h5-15,18,28H,3-4,16-17H2,1-2H3,(H,26,29). The molecule has 3 aromatic carbocycles. The summed E-state index contributed by atoms with van der Waals surface area (Å²) in [5, 5.41) is 12.4. The van der Waals surface area contributed by atoms with Crippen molar-refractivity contribution in [1.82, 2.24) is 0 Å². The number of hydrogen-bond donors (Lipinski definition) is 2. The second-order valence-corrected chi connectivity index (χ2v) is 7.12. The van der Waals surface area contributed by atoms with E-state index in [2.05, 4.69) is 30.1 Å². The number of rotatable bonds is 8. The van der Waals surface area contributed by atoms with Crippen LogP contribution in [0, 0.1) is 0 Å². The van der Waals surface area contributed by atoms with E-state index in [0.29, 0.717) is 5.56 Å². The first-order valence-electron chi connectivity index (χ1n) is 10.2. The van der Waals surface area contributed by atoms with Crippen LogP contribution in [0.2, 0.25) is 0 Å². The Bertz CT molecular complexity index is 928. The highest BCUT2D eigenvalue weighted by molar-refractivity contribution is 6.04. The first-order valence-corrected chi connectivity index (χ1v) is 10.2. The van der Waals surface area contributed by atoms with E-state index in [1.54, 1.807) is 12.1 Å². The van der Waals surface area contributed by atoms with E-state index in [9.17, 15) is 9.90 Å². The lowest BCUT2D eigenvalue weighted by atomic mass is 10.0. The quantitative estimate of drug-likeness (QED) is 0.502. The maximum Gasteiger partial charge on any atom is 0.255 e. The smallest absolute Gasteiger partial charge is 0.255 e. The van der Waals surface area contributed by atoms with Gasteiger partial charge in [-0.05, 0) is 66.4 Å². The van der Waals surface area contributed by atoms with Gasteiger partial charge in [-0.1, -0.05) is 44.2 Å². The topological polar surface area (TPSA) is 52.6 Å². The third-order valence-electron chi connectivity index (χ3n) is 4.80. The van der Waals surface area contributed by atoms with Crippen LogP contribution in [0.15, 0.2) is 72.8 Å². The average Bonchev–Trinajstić information content (AvgIpc) is 2.74. The molecule has 0 bridgehead atoms. The molecular formula is C25H28N2O2. The van der Waals surface area contributed by atoms with Gasteiger partial charge in [0.15, 0.2) is 0 Å². The minimum atomic E-state index is -0.128. The highest BCUT2D eigenvalue weighted by Crippen LogP contribution is 2.23. The molecule has 0 fully saturated rings. The van der Waals surface area contributed by atoms with E-state index in [-0.39, 0.29) is 11.7 Å². The molecule has 0 spiro atoms. The molecule has 0 saturated heterocycles. The summed E-state index contributed by atoms with van der Waals surface area (Å²) in [6.07, 6.45) is 2.17. The number of benzene rings is 3. The van der Waals surface area contributed by atoms with Gasteiger partial charge < -0.3 is 15.3 Å². The number of anilines is 2. The van der Waals surface area contributed by atoms with E-state index >= 15 is 0 Å². The maximum atomic E-state index is 12.7. The van der Waals surface area contributed by atoms with Crippen LogP contribution in [0.5, 0.6) is 5.75 Å². The van der Waals surface area contributed by atoms with Crippen LogP contribution in [-0.2, 0) is 0 Å². The second kappa shape index (κ2) is 9.78. The predicted molar refractivity (Wildman–Crippen MR) is 121 cm³/mol. The molecule has 0 radical (unpaired) electrons. The van der Waals surface area contributed by atoms with Crippen molar-refractivity contribution in [3.05, 3.63) is 78.4 Å². The number of hydrogen-bond acceptors (Lipinski definition) is 3. The normalized spacial score (nSPS) is 10.6. The van der Waals surface area contributed by atoms with E-state index < -0.39 is 0 Å². The van der Waals surface area contributed by atoms with Crippen molar-refractivity contribution >= 4 is 17.3 Å². The van der Waals surface area contributed by atoms with Crippen LogP contribution in [0.25, 0.3) is 11.1 Å². The first-order chi connectivity index (χ1) is 14.1. The Labute approximate surface area is 172 Å². The van der Waals surface area contributed by atoms with Gasteiger partial charge >= 0.3 is 0 Å². The van der Waals surface area contributed by atoms with Gasteiger partial charge in [0.1, 0.15) is 5.75 Å². The lowest BCUT2D eigenvalue weighted by Crippen LogP contribution is -2.25. The number of aromatic hydroxyl groups is 1. The highest BCUT2D eigenvalue weighted by Gasteiger charge is 2.09. The van der Waals surface area contributed by atoms with Gasteiger partial charge in [-0.3, -0.25) is 4.79 Å². The fourth-order valence-electron chi connectivity index (χ4n) is 3.36. The van der Waals surface area contributed by atoms with E-state index in [0.717, 1.165) is 48.4 Å². The molecule has 4 nitrogen and oxygen atoms in total. The Balaban J connectivity index is 1.71. The van der Waals surface area contributed by atoms with Gasteiger partial charge in [0, 0.05) is 30.0 Å². The summed E-state index contributed by atoms with van der Waals surface area (Å²) in [6, 6.07) is 22.5. The molecule has 0 aromatic heterocycles. The molecule has 0 saturated carbocycles. The fraction of sp³-hybridized carbons (Fsp3) is 0.240. The summed E-state index contributed by atoms with van der Waals surface area (Å²) >= 11 is 0. The molecule has 0 atom stereocenters. The highest BCUT2D eigenvalue weighted by atomic mass is 16.3. The van der Waals surface area contributed by atoms with Crippen molar-refractivity contribution in [2.75, 3.05) is 23.3 Å². The van der Waals surface area contributed by atoms with Crippen LogP contribution < -0.4 is 10.2 Å². The number of phenolic OH excluding ortho intramolecular Hbond substituents is 1. The van der Waals surface area contributed by atoms with Crippen molar-refractivity contribution in [3.8, 4) is 16.9 Å². The number of nitrogens with one attached hydrogen (secondary N) is 1. The minimum Gasteiger partial charge on any atom is -0.508 e. The molecule has 0 heterocycles. The number of carbonyl (C=O) groups is 1. The Kier molecular flexibility index (Phi) is 6.90. The van der Waals surface area contributed by atoms with Gasteiger partial charge in [0.05, 0.1) is 0 Å². The third kappa shape index (κ3) is 5.38. The Morgan fingerprint density at radius 2 is 1.45 bits per heavy atom. The van der Waals surface area contributed by atoms with Crippen molar-refractivity contribution < 1.29 is 9.90 Å². The van der Waals surface area contributed by atoms with Crippen molar-refractivity contribution in [1.29, 1.82) is 0 Å². The Hall–Kier alpha value is -3.27. The van der Waals surface area contributed by atoms with Crippen LogP contribution >= 0.6 is 0 Å². The predicted octanol–water partition coefficient (Wildman–Crippen LogP) is 5.94. The number of nitrogens with zero attached hydrogens (tertiary/aromatic N) is 1. The zero-order valence-electron chi connectivity index (χ0n) is 17.1. The molecule has 2 N–H and O–H groups in total. The summed E-state index contributed by atoms with van der Waals surface area (Å²) in [4.78, 5) is 15.0. The van der Waals surface area contributed by atoms with Crippen LogP contribution in [0.4, 0.5) is 11.4 Å². The molecular weight excluding hydrogens is 360 g/mol. The molecule has 4 heteroatoms. The summed E-state index contributed by atoms with van der Waals surface area (Å²) in [7, 11) is 0. The molecule has 1 amide bonds. The van der Waals surface area contributed by atoms with Gasteiger partial charge in [0.25, 0.3) is 5.91 Å².